The number of hydrogen-bond acceptors (Lipinski definition) is 5. The molecule has 3 heterocycles. The number of carbonyl (C=O) groups is 1. The smallest absolute Gasteiger partial charge is 0.317 e. The Morgan fingerprint density at radius 2 is 2.00 bits per heavy atom. The van der Waals surface area contributed by atoms with Gasteiger partial charge in [-0.05, 0) is 17.7 Å². The first-order chi connectivity index (χ1) is 10.8. The third kappa shape index (κ3) is 2.32. The molecule has 8 heteroatoms. The summed E-state index contributed by atoms with van der Waals surface area (Å²) in [6.07, 6.45) is 3.28. The second kappa shape index (κ2) is 5.21. The van der Waals surface area contributed by atoms with Crippen molar-refractivity contribution in [1.29, 1.82) is 0 Å². The molecule has 0 bridgehead atoms. The Balaban J connectivity index is 1.29. The molecule has 8 nitrogen and oxygen atoms in total. The molecule has 22 heavy (non-hydrogen) atoms. The van der Waals surface area contributed by atoms with Crippen molar-refractivity contribution in [2.24, 2.45) is 0 Å². The van der Waals surface area contributed by atoms with Gasteiger partial charge in [0.05, 0.1) is 12.4 Å². The first-order valence-corrected chi connectivity index (χ1v) is 7.07. The van der Waals surface area contributed by atoms with Gasteiger partial charge in [0.1, 0.15) is 6.04 Å². The molecule has 2 aromatic rings. The number of nitrogens with zero attached hydrogens (tertiary/aromatic N) is 4. The van der Waals surface area contributed by atoms with E-state index in [2.05, 4.69) is 15.5 Å². The second-order valence-electron chi connectivity index (χ2n) is 5.25. The van der Waals surface area contributed by atoms with Crippen LogP contribution in [-0.4, -0.2) is 45.8 Å². The maximum atomic E-state index is 12.1. The number of ether oxygens (including phenoxy) is 2. The van der Waals surface area contributed by atoms with E-state index in [0.29, 0.717) is 19.6 Å². The lowest BCUT2D eigenvalue weighted by Gasteiger charge is -2.38. The van der Waals surface area contributed by atoms with Gasteiger partial charge in [-0.15, -0.1) is 0 Å². The van der Waals surface area contributed by atoms with E-state index in [1.807, 2.05) is 18.2 Å². The second-order valence-corrected chi connectivity index (χ2v) is 5.25. The van der Waals surface area contributed by atoms with Crippen LogP contribution in [0.4, 0.5) is 4.79 Å². The van der Waals surface area contributed by atoms with Gasteiger partial charge in [-0.25, -0.2) is 4.79 Å². The number of carbonyl (C=O) groups excluding carboxylic acids is 1. The van der Waals surface area contributed by atoms with Crippen molar-refractivity contribution in [3.05, 3.63) is 36.2 Å². The van der Waals surface area contributed by atoms with E-state index < -0.39 is 0 Å². The van der Waals surface area contributed by atoms with Gasteiger partial charge >= 0.3 is 6.03 Å². The number of likely N-dealkylation sites (tertiary alicyclic amines) is 1. The molecule has 1 aromatic carbocycles. The van der Waals surface area contributed by atoms with E-state index in [9.17, 15) is 4.79 Å². The van der Waals surface area contributed by atoms with Crippen LogP contribution in [0.3, 0.4) is 0 Å². The summed E-state index contributed by atoms with van der Waals surface area (Å²) in [5.74, 6) is 1.47. The molecule has 2 amide bonds. The molecule has 1 N–H and O–H groups in total. The third-order valence-corrected chi connectivity index (χ3v) is 3.79. The highest BCUT2D eigenvalue weighted by Crippen LogP contribution is 2.32. The van der Waals surface area contributed by atoms with Gasteiger partial charge < -0.3 is 19.7 Å². The first-order valence-electron chi connectivity index (χ1n) is 7.07. The molecule has 0 saturated carbocycles. The van der Waals surface area contributed by atoms with Gasteiger partial charge in [0, 0.05) is 19.6 Å². The molecule has 4 rings (SSSR count). The zero-order chi connectivity index (χ0) is 14.9. The van der Waals surface area contributed by atoms with Crippen LogP contribution in [0, 0.1) is 0 Å². The van der Waals surface area contributed by atoms with Crippen molar-refractivity contribution >= 4 is 6.03 Å². The van der Waals surface area contributed by atoms with Gasteiger partial charge in [0.15, 0.2) is 11.5 Å². The zero-order valence-corrected chi connectivity index (χ0v) is 11.8. The fraction of sp³-hybridized carbons (Fsp3) is 0.357. The summed E-state index contributed by atoms with van der Waals surface area (Å²) >= 11 is 0. The Hall–Kier alpha value is -2.77. The Kier molecular flexibility index (Phi) is 3.06. The highest BCUT2D eigenvalue weighted by molar-refractivity contribution is 5.75. The standard InChI is InChI=1S/C14H15N5O3/c20-14(18-7-11(8-18)19-16-3-4-17-19)15-6-10-1-2-12-13(5-10)22-9-21-12/h1-5,11H,6-9H2,(H,15,20). The van der Waals surface area contributed by atoms with Crippen molar-refractivity contribution in [3.8, 4) is 11.5 Å². The molecule has 0 aliphatic carbocycles. The predicted molar refractivity (Wildman–Crippen MR) is 75.4 cm³/mol. The molecular weight excluding hydrogens is 286 g/mol. The molecule has 0 atom stereocenters. The fourth-order valence-electron chi connectivity index (χ4n) is 2.52. The van der Waals surface area contributed by atoms with Crippen LogP contribution in [0.5, 0.6) is 11.5 Å². The van der Waals surface area contributed by atoms with Crippen molar-refractivity contribution in [1.82, 2.24) is 25.2 Å². The number of amides is 2. The molecule has 1 aromatic heterocycles. The maximum absolute atomic E-state index is 12.1. The van der Waals surface area contributed by atoms with E-state index in [4.69, 9.17) is 9.47 Å². The van der Waals surface area contributed by atoms with Gasteiger partial charge in [0.25, 0.3) is 0 Å². The molecule has 0 radical (unpaired) electrons. The summed E-state index contributed by atoms with van der Waals surface area (Å²) in [6.45, 7) is 1.96. The Bertz CT molecular complexity index is 682. The largest absolute Gasteiger partial charge is 0.454 e. The normalized spacial score (nSPS) is 16.5. The maximum Gasteiger partial charge on any atom is 0.317 e. The fourth-order valence-corrected chi connectivity index (χ4v) is 2.52. The van der Waals surface area contributed by atoms with Crippen LogP contribution in [0.2, 0.25) is 0 Å². The van der Waals surface area contributed by atoms with Gasteiger partial charge in [-0.2, -0.15) is 15.0 Å². The van der Waals surface area contributed by atoms with E-state index in [-0.39, 0.29) is 18.9 Å². The monoisotopic (exact) mass is 301 g/mol. The number of nitrogens with one attached hydrogen (secondary N) is 1. The summed E-state index contributed by atoms with van der Waals surface area (Å²) in [7, 11) is 0. The SMILES string of the molecule is O=C(NCc1ccc2c(c1)OCO2)N1CC(n2nccn2)C1. The molecule has 1 fully saturated rings. The Labute approximate surface area is 126 Å². The Morgan fingerprint density at radius 1 is 1.23 bits per heavy atom. The van der Waals surface area contributed by atoms with Gasteiger partial charge in [-0.3, -0.25) is 0 Å². The van der Waals surface area contributed by atoms with E-state index in [0.717, 1.165) is 17.1 Å². The van der Waals surface area contributed by atoms with Crippen LogP contribution in [0.1, 0.15) is 11.6 Å². The van der Waals surface area contributed by atoms with E-state index >= 15 is 0 Å². The minimum absolute atomic E-state index is 0.0823. The summed E-state index contributed by atoms with van der Waals surface area (Å²) in [6, 6.07) is 5.75. The molecule has 2 aliphatic rings. The van der Waals surface area contributed by atoms with Crippen LogP contribution in [-0.2, 0) is 6.54 Å². The summed E-state index contributed by atoms with van der Waals surface area (Å²) < 4.78 is 10.6. The van der Waals surface area contributed by atoms with Crippen molar-refractivity contribution in [2.75, 3.05) is 19.9 Å². The van der Waals surface area contributed by atoms with Crippen LogP contribution in [0.15, 0.2) is 30.6 Å². The summed E-state index contributed by atoms with van der Waals surface area (Å²) in [4.78, 5) is 15.4. The topological polar surface area (TPSA) is 81.5 Å². The van der Waals surface area contributed by atoms with Crippen molar-refractivity contribution < 1.29 is 14.3 Å². The lowest BCUT2D eigenvalue weighted by Crippen LogP contribution is -2.54. The highest BCUT2D eigenvalue weighted by atomic mass is 16.7. The number of hydrogen-bond donors (Lipinski definition) is 1. The number of fused-ring (bicyclic) bond motifs is 1. The number of rotatable bonds is 3. The van der Waals surface area contributed by atoms with Gasteiger partial charge in [0.2, 0.25) is 6.79 Å². The van der Waals surface area contributed by atoms with E-state index in [1.54, 1.807) is 22.1 Å². The average Bonchev–Trinajstić information content (AvgIpc) is 3.14. The molecule has 0 spiro atoms. The molecule has 1 saturated heterocycles. The minimum Gasteiger partial charge on any atom is -0.454 e. The minimum atomic E-state index is -0.0823. The number of urea groups is 1. The lowest BCUT2D eigenvalue weighted by molar-refractivity contribution is 0.110. The van der Waals surface area contributed by atoms with Crippen molar-refractivity contribution in [3.63, 3.8) is 0 Å². The van der Waals surface area contributed by atoms with Gasteiger partial charge in [-0.1, -0.05) is 6.07 Å². The molecule has 114 valence electrons. The average molecular weight is 301 g/mol. The molecular formula is C14H15N5O3. The summed E-state index contributed by atoms with van der Waals surface area (Å²) in [5, 5.41) is 11.1. The Morgan fingerprint density at radius 3 is 2.82 bits per heavy atom. The quantitative estimate of drug-likeness (QED) is 0.905. The highest BCUT2D eigenvalue weighted by Gasteiger charge is 2.32. The first kappa shape index (κ1) is 12.9. The van der Waals surface area contributed by atoms with Crippen LogP contribution >= 0.6 is 0 Å². The number of aromatic nitrogens is 3. The molecule has 0 unspecified atom stereocenters. The van der Waals surface area contributed by atoms with Crippen molar-refractivity contribution in [2.45, 2.75) is 12.6 Å². The van der Waals surface area contributed by atoms with E-state index in [1.165, 1.54) is 0 Å². The van der Waals surface area contributed by atoms with Crippen LogP contribution < -0.4 is 14.8 Å². The lowest BCUT2D eigenvalue weighted by atomic mass is 10.1. The summed E-state index contributed by atoms with van der Waals surface area (Å²) in [5.41, 5.74) is 0.975. The number of benzene rings is 1. The zero-order valence-electron chi connectivity index (χ0n) is 11.8. The predicted octanol–water partition coefficient (Wildman–Crippen LogP) is 0.773. The third-order valence-electron chi connectivity index (χ3n) is 3.79. The molecule has 2 aliphatic heterocycles. The van der Waals surface area contributed by atoms with Crippen LogP contribution in [0.25, 0.3) is 0 Å².